The van der Waals surface area contributed by atoms with Gasteiger partial charge in [0.1, 0.15) is 23.2 Å². The van der Waals surface area contributed by atoms with Gasteiger partial charge in [-0.05, 0) is 58.1 Å². The van der Waals surface area contributed by atoms with Crippen LogP contribution in [0.25, 0.3) is 11.4 Å². The van der Waals surface area contributed by atoms with E-state index >= 15 is 0 Å². The molecule has 3 aromatic rings. The molecule has 254 valence electrons. The lowest BCUT2D eigenvalue weighted by atomic mass is 10.1. The van der Waals surface area contributed by atoms with Crippen LogP contribution < -0.4 is 10.6 Å². The zero-order valence-electron chi connectivity index (χ0n) is 28.0. The summed E-state index contributed by atoms with van der Waals surface area (Å²) in [4.78, 5) is 65.1. The number of hydrogen-bond acceptors (Lipinski definition) is 9. The Morgan fingerprint density at radius 2 is 1.62 bits per heavy atom. The van der Waals surface area contributed by atoms with Crippen LogP contribution in [-0.2, 0) is 25.5 Å². The lowest BCUT2D eigenvalue weighted by Crippen LogP contribution is -2.56. The van der Waals surface area contributed by atoms with Crippen molar-refractivity contribution in [1.82, 2.24) is 25.1 Å². The molecule has 1 aliphatic carbocycles. The smallest absolute Gasteiger partial charge is 0.409 e. The van der Waals surface area contributed by atoms with Gasteiger partial charge in [-0.25, -0.2) is 14.8 Å². The predicted molar refractivity (Wildman–Crippen MR) is 180 cm³/mol. The van der Waals surface area contributed by atoms with Crippen LogP contribution in [0, 0.1) is 0 Å². The highest BCUT2D eigenvalue weighted by Gasteiger charge is 2.32. The number of piperazine rings is 1. The number of ether oxygens (including phenoxy) is 2. The molecule has 2 heterocycles. The Labute approximate surface area is 281 Å². The second-order valence-corrected chi connectivity index (χ2v) is 12.9. The number of amides is 3. The number of anilines is 1. The lowest BCUT2D eigenvalue weighted by molar-refractivity contribution is -0.155. The first-order valence-corrected chi connectivity index (χ1v) is 16.5. The van der Waals surface area contributed by atoms with E-state index < -0.39 is 29.6 Å². The first kappa shape index (κ1) is 34.3. The minimum Gasteiger partial charge on any atom is -0.460 e. The number of esters is 1. The zero-order valence-corrected chi connectivity index (χ0v) is 28.0. The van der Waals surface area contributed by atoms with Crippen LogP contribution in [-0.4, -0.2) is 88.1 Å². The summed E-state index contributed by atoms with van der Waals surface area (Å²) in [5.41, 5.74) is 2.60. The number of benzene rings is 2. The van der Waals surface area contributed by atoms with E-state index in [4.69, 9.17) is 14.5 Å². The third-order valence-corrected chi connectivity index (χ3v) is 8.22. The molecular weight excluding hydrogens is 612 g/mol. The molecule has 1 aromatic heterocycles. The van der Waals surface area contributed by atoms with Crippen LogP contribution in [0.5, 0.6) is 0 Å². The third kappa shape index (κ3) is 8.87. The second-order valence-electron chi connectivity index (χ2n) is 12.9. The zero-order chi connectivity index (χ0) is 34.3. The summed E-state index contributed by atoms with van der Waals surface area (Å²) in [7, 11) is 0. The van der Waals surface area contributed by atoms with Crippen LogP contribution in [0.15, 0.2) is 60.7 Å². The van der Waals surface area contributed by atoms with Gasteiger partial charge >= 0.3 is 12.1 Å². The molecule has 1 saturated heterocycles. The minimum atomic E-state index is -1.03. The van der Waals surface area contributed by atoms with Gasteiger partial charge in [0.15, 0.2) is 5.82 Å². The van der Waals surface area contributed by atoms with Gasteiger partial charge in [0.2, 0.25) is 5.91 Å². The first-order valence-electron chi connectivity index (χ1n) is 16.5. The van der Waals surface area contributed by atoms with Crippen LogP contribution >= 0.6 is 0 Å². The van der Waals surface area contributed by atoms with Gasteiger partial charge in [0, 0.05) is 44.2 Å². The molecule has 0 spiro atoms. The molecule has 1 unspecified atom stereocenters. The van der Waals surface area contributed by atoms with Crippen molar-refractivity contribution in [2.45, 2.75) is 71.1 Å². The number of carbonyl (C=O) groups is 4. The Morgan fingerprint density at radius 1 is 0.938 bits per heavy atom. The number of hydrogen-bond donors (Lipinski definition) is 2. The molecule has 0 bridgehead atoms. The molecule has 0 saturated carbocycles. The van der Waals surface area contributed by atoms with Gasteiger partial charge in [0.05, 0.1) is 12.6 Å². The Morgan fingerprint density at radius 3 is 2.33 bits per heavy atom. The SMILES string of the molecule is CCOC(=O)N1CCN(C(=O)[C@H](CCC(=O)OC(C)(C)C)NC(=O)c2cc(NC3CCc4ccccc43)nc(-c3ccccc3)n2)CC1. The summed E-state index contributed by atoms with van der Waals surface area (Å²) < 4.78 is 10.6. The number of nitrogens with one attached hydrogen (secondary N) is 2. The van der Waals surface area contributed by atoms with Gasteiger partial charge < -0.3 is 29.9 Å². The monoisotopic (exact) mass is 656 g/mol. The molecule has 2 atom stereocenters. The number of aromatic nitrogens is 2. The van der Waals surface area contributed by atoms with Crippen LogP contribution in [0.3, 0.4) is 0 Å². The topological polar surface area (TPSA) is 143 Å². The number of aryl methyl sites for hydroxylation is 1. The van der Waals surface area contributed by atoms with E-state index in [1.54, 1.807) is 43.6 Å². The molecule has 48 heavy (non-hydrogen) atoms. The third-order valence-electron chi connectivity index (χ3n) is 8.22. The fraction of sp³-hybridized carbons (Fsp3) is 0.444. The Bertz CT molecular complexity index is 1620. The Kier molecular flexibility index (Phi) is 10.9. The van der Waals surface area contributed by atoms with E-state index in [-0.39, 0.29) is 50.2 Å². The molecular formula is C36H44N6O6. The maximum atomic E-state index is 13.9. The quantitative estimate of drug-likeness (QED) is 0.295. The first-order chi connectivity index (χ1) is 23.0. The highest BCUT2D eigenvalue weighted by molar-refractivity contribution is 5.97. The Balaban J connectivity index is 1.38. The summed E-state index contributed by atoms with van der Waals surface area (Å²) >= 11 is 0. The van der Waals surface area contributed by atoms with Crippen molar-refractivity contribution < 1.29 is 28.7 Å². The van der Waals surface area contributed by atoms with E-state index in [0.717, 1.165) is 18.4 Å². The second kappa shape index (κ2) is 15.3. The molecule has 0 radical (unpaired) electrons. The summed E-state index contributed by atoms with van der Waals surface area (Å²) in [5, 5.41) is 6.36. The molecule has 2 N–H and O–H groups in total. The number of nitrogens with zero attached hydrogens (tertiary/aromatic N) is 4. The van der Waals surface area contributed by atoms with Crippen molar-refractivity contribution in [3.05, 3.63) is 77.5 Å². The number of rotatable bonds is 10. The normalized spacial score (nSPS) is 16.5. The molecule has 2 aromatic carbocycles. The molecule has 12 nitrogen and oxygen atoms in total. The maximum Gasteiger partial charge on any atom is 0.409 e. The minimum absolute atomic E-state index is 0.0204. The van der Waals surface area contributed by atoms with E-state index in [1.807, 2.05) is 42.5 Å². The number of fused-ring (bicyclic) bond motifs is 1. The molecule has 2 aliphatic rings. The van der Waals surface area contributed by atoms with Gasteiger partial charge in [-0.2, -0.15) is 0 Å². The Hall–Kier alpha value is -5.00. The highest BCUT2D eigenvalue weighted by atomic mass is 16.6. The summed E-state index contributed by atoms with van der Waals surface area (Å²) in [6.45, 7) is 8.43. The number of carbonyl (C=O) groups excluding carboxylic acids is 4. The fourth-order valence-electron chi connectivity index (χ4n) is 5.93. The largest absolute Gasteiger partial charge is 0.460 e. The summed E-state index contributed by atoms with van der Waals surface area (Å²) in [6, 6.07) is 18.2. The predicted octanol–water partition coefficient (Wildman–Crippen LogP) is 4.76. The average Bonchev–Trinajstić information content (AvgIpc) is 3.48. The molecule has 1 fully saturated rings. The van der Waals surface area contributed by atoms with Crippen LogP contribution in [0.2, 0.25) is 0 Å². The van der Waals surface area contributed by atoms with Crippen molar-refractivity contribution in [2.75, 3.05) is 38.1 Å². The van der Waals surface area contributed by atoms with Crippen LogP contribution in [0.4, 0.5) is 10.6 Å². The standard InChI is InChI=1S/C36H44N6O6/c1-5-47-35(46)42-21-19-41(20-22-42)34(45)28(17-18-31(43)48-36(2,3)4)39-33(44)29-23-30(40-32(38-29)25-12-7-6-8-13-25)37-27-16-15-24-11-9-10-14-26(24)27/h6-14,23,27-28H,5,15-22H2,1-4H3,(H,39,44)(H,37,38,40)/t27?,28-/m0/s1. The van der Waals surface area contributed by atoms with Gasteiger partial charge in [-0.1, -0.05) is 54.6 Å². The van der Waals surface area contributed by atoms with Gasteiger partial charge in [-0.15, -0.1) is 0 Å². The molecule has 3 amide bonds. The molecule has 5 rings (SSSR count). The van der Waals surface area contributed by atoms with E-state index in [1.165, 1.54) is 11.1 Å². The van der Waals surface area contributed by atoms with Gasteiger partial charge in [0.25, 0.3) is 5.91 Å². The van der Waals surface area contributed by atoms with Crippen molar-refractivity contribution in [3.8, 4) is 11.4 Å². The summed E-state index contributed by atoms with van der Waals surface area (Å²) in [5.74, 6) is -0.546. The maximum absolute atomic E-state index is 13.9. The summed E-state index contributed by atoms with van der Waals surface area (Å²) in [6.07, 6.45) is 1.34. The van der Waals surface area contributed by atoms with E-state index in [2.05, 4.69) is 27.8 Å². The fourth-order valence-corrected chi connectivity index (χ4v) is 5.93. The van der Waals surface area contributed by atoms with Crippen molar-refractivity contribution in [3.63, 3.8) is 0 Å². The molecule has 1 aliphatic heterocycles. The average molecular weight is 657 g/mol. The highest BCUT2D eigenvalue weighted by Crippen LogP contribution is 2.33. The van der Waals surface area contributed by atoms with Gasteiger partial charge in [-0.3, -0.25) is 14.4 Å². The van der Waals surface area contributed by atoms with Crippen molar-refractivity contribution >= 4 is 29.7 Å². The molecule has 12 heteroatoms. The lowest BCUT2D eigenvalue weighted by Gasteiger charge is -2.36. The van der Waals surface area contributed by atoms with Crippen molar-refractivity contribution in [1.29, 1.82) is 0 Å². The van der Waals surface area contributed by atoms with E-state index in [9.17, 15) is 19.2 Å². The van der Waals surface area contributed by atoms with E-state index in [0.29, 0.717) is 24.7 Å². The van der Waals surface area contributed by atoms with Crippen LogP contribution in [0.1, 0.15) is 74.6 Å². The van der Waals surface area contributed by atoms with Crippen molar-refractivity contribution in [2.24, 2.45) is 0 Å².